The van der Waals surface area contributed by atoms with Crippen LogP contribution in [0.3, 0.4) is 0 Å². The highest BCUT2D eigenvalue weighted by Gasteiger charge is 2.27. The third kappa shape index (κ3) is 4.58. The molecule has 0 fully saturated rings. The number of amides is 1. The summed E-state index contributed by atoms with van der Waals surface area (Å²) in [7, 11) is 0. The lowest BCUT2D eigenvalue weighted by Gasteiger charge is -2.21. The highest BCUT2D eigenvalue weighted by molar-refractivity contribution is 5.94. The van der Waals surface area contributed by atoms with Crippen molar-refractivity contribution in [2.24, 2.45) is 0 Å². The van der Waals surface area contributed by atoms with E-state index in [-0.39, 0.29) is 18.6 Å². The van der Waals surface area contributed by atoms with E-state index in [1.165, 1.54) is 6.20 Å². The van der Waals surface area contributed by atoms with Gasteiger partial charge < -0.3 is 19.6 Å². The number of rotatable bonds is 7. The molecule has 2 N–H and O–H groups in total. The third-order valence-corrected chi connectivity index (χ3v) is 3.76. The second-order valence-electron chi connectivity index (χ2n) is 6.09. The zero-order valence-electron chi connectivity index (χ0n) is 14.5. The summed E-state index contributed by atoms with van der Waals surface area (Å²) < 4.78 is 11.0. The van der Waals surface area contributed by atoms with Crippen LogP contribution in [-0.4, -0.2) is 28.6 Å². The quantitative estimate of drug-likeness (QED) is 0.814. The maximum absolute atomic E-state index is 12.3. The van der Waals surface area contributed by atoms with Gasteiger partial charge in [-0.15, -0.1) is 0 Å². The second-order valence-corrected chi connectivity index (χ2v) is 6.09. The highest BCUT2D eigenvalue weighted by Crippen LogP contribution is 2.22. The van der Waals surface area contributed by atoms with E-state index < -0.39 is 5.60 Å². The number of hydrogen-bond donors (Lipinski definition) is 2. The summed E-state index contributed by atoms with van der Waals surface area (Å²) in [6.45, 7) is 7.38. The Labute approximate surface area is 141 Å². The number of hydrogen-bond acceptors (Lipinski definition) is 5. The predicted octanol–water partition coefficient (Wildman–Crippen LogP) is 2.80. The Balaban J connectivity index is 2.01. The van der Waals surface area contributed by atoms with Gasteiger partial charge in [-0.3, -0.25) is 4.79 Å². The fraction of sp³-hybridized carbons (Fsp3) is 0.444. The number of carbonyl (C=O) groups excluding carboxylic acids is 1. The first-order valence-electron chi connectivity index (χ1n) is 8.02. The van der Waals surface area contributed by atoms with E-state index in [1.807, 2.05) is 13.8 Å². The van der Waals surface area contributed by atoms with Gasteiger partial charge in [0.15, 0.2) is 0 Å². The van der Waals surface area contributed by atoms with Gasteiger partial charge in [0.25, 0.3) is 5.91 Å². The van der Waals surface area contributed by atoms with Crippen molar-refractivity contribution in [3.63, 3.8) is 0 Å². The maximum atomic E-state index is 12.3. The zero-order chi connectivity index (χ0) is 17.7. The van der Waals surface area contributed by atoms with Crippen LogP contribution in [0, 0.1) is 6.92 Å². The van der Waals surface area contributed by atoms with Gasteiger partial charge >= 0.3 is 0 Å². The van der Waals surface area contributed by atoms with Crippen molar-refractivity contribution in [3.05, 3.63) is 47.5 Å². The third-order valence-electron chi connectivity index (χ3n) is 3.76. The Morgan fingerprint density at radius 3 is 2.83 bits per heavy atom. The molecule has 1 amide bonds. The van der Waals surface area contributed by atoms with Crippen molar-refractivity contribution in [1.82, 2.24) is 10.3 Å². The van der Waals surface area contributed by atoms with Crippen LogP contribution in [0.25, 0.3) is 0 Å². The molecule has 2 rings (SSSR count). The molecule has 0 aliphatic rings. The number of carbonyl (C=O) groups is 1. The first-order chi connectivity index (χ1) is 11.3. The molecule has 2 heterocycles. The van der Waals surface area contributed by atoms with Crippen molar-refractivity contribution in [1.29, 1.82) is 0 Å². The summed E-state index contributed by atoms with van der Waals surface area (Å²) in [5.41, 5.74) is -0.859. The minimum Gasteiger partial charge on any atom is -0.475 e. The molecule has 0 saturated heterocycles. The van der Waals surface area contributed by atoms with Crippen LogP contribution in [0.5, 0.6) is 5.88 Å². The summed E-state index contributed by atoms with van der Waals surface area (Å²) >= 11 is 0. The molecule has 6 heteroatoms. The van der Waals surface area contributed by atoms with E-state index >= 15 is 0 Å². The molecule has 0 aliphatic heterocycles. The van der Waals surface area contributed by atoms with Crippen LogP contribution in [0.1, 0.15) is 49.1 Å². The molecular formula is C18H24N2O4. The van der Waals surface area contributed by atoms with E-state index in [0.717, 1.165) is 6.42 Å². The van der Waals surface area contributed by atoms with Gasteiger partial charge in [-0.25, -0.2) is 4.98 Å². The van der Waals surface area contributed by atoms with E-state index in [9.17, 15) is 9.90 Å². The Morgan fingerprint density at radius 2 is 2.21 bits per heavy atom. The number of nitrogens with one attached hydrogen (secondary N) is 1. The largest absolute Gasteiger partial charge is 0.475 e. The van der Waals surface area contributed by atoms with Gasteiger partial charge in [0.1, 0.15) is 17.1 Å². The van der Waals surface area contributed by atoms with Gasteiger partial charge in [-0.05, 0) is 45.4 Å². The van der Waals surface area contributed by atoms with Crippen LogP contribution in [0.2, 0.25) is 0 Å². The van der Waals surface area contributed by atoms with E-state index in [0.29, 0.717) is 23.0 Å². The minimum atomic E-state index is -1.28. The lowest BCUT2D eigenvalue weighted by atomic mass is 10.0. The van der Waals surface area contributed by atoms with Crippen LogP contribution in [0.15, 0.2) is 34.9 Å². The van der Waals surface area contributed by atoms with Gasteiger partial charge in [0.2, 0.25) is 5.88 Å². The molecule has 0 bridgehead atoms. The molecule has 2 aromatic heterocycles. The number of ether oxygens (including phenoxy) is 1. The van der Waals surface area contributed by atoms with E-state index in [2.05, 4.69) is 10.3 Å². The molecule has 0 spiro atoms. The topological polar surface area (TPSA) is 84.6 Å². The monoisotopic (exact) mass is 332 g/mol. The molecule has 2 aromatic rings. The first-order valence-corrected chi connectivity index (χ1v) is 8.02. The summed E-state index contributed by atoms with van der Waals surface area (Å²) in [6, 6.07) is 6.66. The maximum Gasteiger partial charge on any atom is 0.251 e. The van der Waals surface area contributed by atoms with Gasteiger partial charge in [-0.2, -0.15) is 0 Å². The van der Waals surface area contributed by atoms with Gasteiger partial charge in [0.05, 0.1) is 12.6 Å². The molecule has 0 aromatic carbocycles. The predicted molar refractivity (Wildman–Crippen MR) is 90.0 cm³/mol. The zero-order valence-corrected chi connectivity index (χ0v) is 14.5. The van der Waals surface area contributed by atoms with E-state index in [1.54, 1.807) is 38.1 Å². The normalized spacial score (nSPS) is 14.7. The number of aliphatic hydroxyl groups is 1. The average Bonchev–Trinajstić information content (AvgIpc) is 3.00. The van der Waals surface area contributed by atoms with Crippen molar-refractivity contribution < 1.29 is 19.1 Å². The van der Waals surface area contributed by atoms with Crippen LogP contribution >= 0.6 is 0 Å². The summed E-state index contributed by atoms with van der Waals surface area (Å²) in [6.07, 6.45) is 2.41. The summed E-state index contributed by atoms with van der Waals surface area (Å²) in [5.74, 6) is 1.22. The molecule has 2 unspecified atom stereocenters. The lowest BCUT2D eigenvalue weighted by molar-refractivity contribution is 0.0323. The fourth-order valence-electron chi connectivity index (χ4n) is 2.07. The number of furan rings is 1. The van der Waals surface area contributed by atoms with Crippen molar-refractivity contribution in [2.45, 2.75) is 45.8 Å². The Bertz CT molecular complexity index is 694. The molecule has 2 atom stereocenters. The lowest BCUT2D eigenvalue weighted by Crippen LogP contribution is -2.38. The molecule has 0 aliphatic carbocycles. The van der Waals surface area contributed by atoms with Crippen LogP contribution < -0.4 is 10.1 Å². The minimum absolute atomic E-state index is 0.0266. The number of aryl methyl sites for hydroxylation is 1. The summed E-state index contributed by atoms with van der Waals surface area (Å²) in [4.78, 5) is 16.4. The number of nitrogens with zero attached hydrogens (tertiary/aromatic N) is 1. The molecule has 0 radical (unpaired) electrons. The second kappa shape index (κ2) is 7.49. The number of pyridine rings is 1. The Kier molecular flexibility index (Phi) is 5.62. The first kappa shape index (κ1) is 18.0. The Morgan fingerprint density at radius 1 is 1.46 bits per heavy atom. The van der Waals surface area contributed by atoms with Gasteiger partial charge in [0, 0.05) is 17.8 Å². The van der Waals surface area contributed by atoms with Crippen molar-refractivity contribution in [3.8, 4) is 5.88 Å². The smallest absolute Gasteiger partial charge is 0.251 e. The fourth-order valence-corrected chi connectivity index (χ4v) is 2.07. The molecule has 0 saturated carbocycles. The van der Waals surface area contributed by atoms with Crippen LogP contribution in [-0.2, 0) is 5.60 Å². The standard InChI is InChI=1S/C18H24N2O4/c1-5-12(2)24-16-10-14(8-9-19-16)17(21)20-11-18(4,22)15-7-6-13(3)23-15/h6-10,12,22H,5,11H2,1-4H3,(H,20,21). The Hall–Kier alpha value is -2.34. The highest BCUT2D eigenvalue weighted by atomic mass is 16.5. The van der Waals surface area contributed by atoms with Gasteiger partial charge in [-0.1, -0.05) is 6.92 Å². The SMILES string of the molecule is CCC(C)Oc1cc(C(=O)NCC(C)(O)c2ccc(C)o2)ccn1. The molecule has 6 nitrogen and oxygen atoms in total. The molecule has 24 heavy (non-hydrogen) atoms. The van der Waals surface area contributed by atoms with Crippen molar-refractivity contribution >= 4 is 5.91 Å². The van der Waals surface area contributed by atoms with Crippen molar-refractivity contribution in [2.75, 3.05) is 6.54 Å². The molecular weight excluding hydrogens is 308 g/mol. The summed E-state index contributed by atoms with van der Waals surface area (Å²) in [5, 5.41) is 13.2. The average molecular weight is 332 g/mol. The number of aromatic nitrogens is 1. The molecule has 130 valence electrons. The van der Waals surface area contributed by atoms with E-state index in [4.69, 9.17) is 9.15 Å². The van der Waals surface area contributed by atoms with Crippen LogP contribution in [0.4, 0.5) is 0 Å².